The van der Waals surface area contributed by atoms with E-state index in [1.54, 1.807) is 18.1 Å². The Kier molecular flexibility index (Phi) is 7.00. The van der Waals surface area contributed by atoms with Gasteiger partial charge in [0, 0.05) is 38.4 Å². The summed E-state index contributed by atoms with van der Waals surface area (Å²) in [6.45, 7) is 10.7. The van der Waals surface area contributed by atoms with Gasteiger partial charge >= 0.3 is 0 Å². The van der Waals surface area contributed by atoms with Crippen molar-refractivity contribution in [1.82, 2.24) is 15.2 Å². The van der Waals surface area contributed by atoms with Gasteiger partial charge in [0.1, 0.15) is 5.76 Å². The lowest BCUT2D eigenvalue weighted by molar-refractivity contribution is -0.129. The monoisotopic (exact) mass is 321 g/mol. The van der Waals surface area contributed by atoms with E-state index in [2.05, 4.69) is 37.7 Å². The third-order valence-electron chi connectivity index (χ3n) is 3.43. The van der Waals surface area contributed by atoms with Crippen LogP contribution in [0, 0.1) is 0 Å². The molecule has 0 saturated carbocycles. The van der Waals surface area contributed by atoms with Gasteiger partial charge in [-0.1, -0.05) is 27.4 Å². The SMILES string of the molecule is C=CC(=O)NCCCN(C)C(=O)CCc1ncc(C(C)(C)C)o1. The van der Waals surface area contributed by atoms with Crippen molar-refractivity contribution in [2.75, 3.05) is 20.1 Å². The van der Waals surface area contributed by atoms with E-state index in [1.165, 1.54) is 6.08 Å². The summed E-state index contributed by atoms with van der Waals surface area (Å²) in [6.07, 6.45) is 4.52. The number of hydrogen-bond acceptors (Lipinski definition) is 4. The summed E-state index contributed by atoms with van der Waals surface area (Å²) in [5.74, 6) is 1.26. The Morgan fingerprint density at radius 2 is 2.13 bits per heavy atom. The van der Waals surface area contributed by atoms with Gasteiger partial charge in [0.25, 0.3) is 0 Å². The van der Waals surface area contributed by atoms with Crippen LogP contribution < -0.4 is 5.32 Å². The van der Waals surface area contributed by atoms with Gasteiger partial charge in [-0.15, -0.1) is 0 Å². The smallest absolute Gasteiger partial charge is 0.243 e. The first-order valence-corrected chi connectivity index (χ1v) is 7.83. The molecule has 0 unspecified atom stereocenters. The first kappa shape index (κ1) is 18.9. The van der Waals surface area contributed by atoms with Crippen LogP contribution in [0.3, 0.4) is 0 Å². The molecule has 0 saturated heterocycles. The minimum Gasteiger partial charge on any atom is -0.445 e. The zero-order chi connectivity index (χ0) is 17.5. The zero-order valence-electron chi connectivity index (χ0n) is 14.5. The van der Waals surface area contributed by atoms with Crippen LogP contribution in [0.2, 0.25) is 0 Å². The molecular formula is C17H27N3O3. The van der Waals surface area contributed by atoms with E-state index in [4.69, 9.17) is 4.42 Å². The van der Waals surface area contributed by atoms with Crippen molar-refractivity contribution in [1.29, 1.82) is 0 Å². The van der Waals surface area contributed by atoms with Gasteiger partial charge in [0.15, 0.2) is 5.89 Å². The van der Waals surface area contributed by atoms with Gasteiger partial charge in [-0.05, 0) is 12.5 Å². The minimum atomic E-state index is -0.197. The summed E-state index contributed by atoms with van der Waals surface area (Å²) in [5.41, 5.74) is -0.0814. The molecule has 0 spiro atoms. The minimum absolute atomic E-state index is 0.0376. The van der Waals surface area contributed by atoms with Crippen molar-refractivity contribution in [3.8, 4) is 0 Å². The van der Waals surface area contributed by atoms with Crippen LogP contribution in [-0.2, 0) is 21.4 Å². The molecule has 1 aromatic rings. The summed E-state index contributed by atoms with van der Waals surface area (Å²) in [7, 11) is 1.76. The number of aryl methyl sites for hydroxylation is 1. The van der Waals surface area contributed by atoms with E-state index in [0.717, 1.165) is 5.76 Å². The maximum absolute atomic E-state index is 12.1. The summed E-state index contributed by atoms with van der Waals surface area (Å²) < 4.78 is 5.68. The second-order valence-corrected chi connectivity index (χ2v) is 6.53. The lowest BCUT2D eigenvalue weighted by Crippen LogP contribution is -2.31. The van der Waals surface area contributed by atoms with Crippen molar-refractivity contribution in [2.24, 2.45) is 0 Å². The van der Waals surface area contributed by atoms with Crippen molar-refractivity contribution >= 4 is 11.8 Å². The quantitative estimate of drug-likeness (QED) is 0.587. The highest BCUT2D eigenvalue weighted by Crippen LogP contribution is 2.23. The zero-order valence-corrected chi connectivity index (χ0v) is 14.5. The summed E-state index contributed by atoms with van der Waals surface area (Å²) >= 11 is 0. The van der Waals surface area contributed by atoms with Gasteiger partial charge in [-0.25, -0.2) is 4.98 Å². The molecule has 6 nitrogen and oxygen atoms in total. The molecule has 1 aromatic heterocycles. The van der Waals surface area contributed by atoms with Gasteiger partial charge in [0.2, 0.25) is 11.8 Å². The molecular weight excluding hydrogens is 294 g/mol. The first-order chi connectivity index (χ1) is 10.7. The van der Waals surface area contributed by atoms with Gasteiger partial charge < -0.3 is 14.6 Å². The second-order valence-electron chi connectivity index (χ2n) is 6.53. The third-order valence-corrected chi connectivity index (χ3v) is 3.43. The molecule has 2 amide bonds. The van der Waals surface area contributed by atoms with Crippen LogP contribution in [0.4, 0.5) is 0 Å². The fourth-order valence-electron chi connectivity index (χ4n) is 1.90. The van der Waals surface area contributed by atoms with Crippen molar-refractivity contribution in [3.63, 3.8) is 0 Å². The Hall–Kier alpha value is -2.11. The highest BCUT2D eigenvalue weighted by Gasteiger charge is 2.19. The summed E-state index contributed by atoms with van der Waals surface area (Å²) in [4.78, 5) is 28.9. The Morgan fingerprint density at radius 1 is 1.43 bits per heavy atom. The molecule has 1 heterocycles. The Bertz CT molecular complexity index is 544. The van der Waals surface area contributed by atoms with Crippen LogP contribution in [0.15, 0.2) is 23.3 Å². The predicted octanol–water partition coefficient (Wildman–Crippen LogP) is 2.06. The Morgan fingerprint density at radius 3 is 2.70 bits per heavy atom. The van der Waals surface area contributed by atoms with Crippen LogP contribution in [0.5, 0.6) is 0 Å². The van der Waals surface area contributed by atoms with Gasteiger partial charge in [-0.2, -0.15) is 0 Å². The number of carbonyl (C=O) groups excluding carboxylic acids is 2. The molecule has 128 valence electrons. The van der Waals surface area contributed by atoms with Crippen molar-refractivity contribution < 1.29 is 14.0 Å². The molecule has 0 bridgehead atoms. The standard InChI is InChI=1S/C17H27N3O3/c1-6-14(21)18-10-7-11-20(5)16(22)9-8-15-19-12-13(23-15)17(2,3)4/h6,12H,1,7-11H2,2-5H3,(H,18,21). The first-order valence-electron chi connectivity index (χ1n) is 7.83. The van der Waals surface area contributed by atoms with E-state index >= 15 is 0 Å². The van der Waals surface area contributed by atoms with E-state index in [0.29, 0.717) is 38.2 Å². The average Bonchev–Trinajstić information content (AvgIpc) is 2.97. The maximum atomic E-state index is 12.1. The van der Waals surface area contributed by atoms with Crippen molar-refractivity contribution in [3.05, 3.63) is 30.5 Å². The summed E-state index contributed by atoms with van der Waals surface area (Å²) in [6, 6.07) is 0. The molecule has 0 aliphatic rings. The molecule has 1 rings (SSSR count). The van der Waals surface area contributed by atoms with Crippen molar-refractivity contribution in [2.45, 2.75) is 45.4 Å². The molecule has 0 aromatic carbocycles. The number of carbonyl (C=O) groups is 2. The lowest BCUT2D eigenvalue weighted by atomic mass is 9.94. The molecule has 0 radical (unpaired) electrons. The average molecular weight is 321 g/mol. The van der Waals surface area contributed by atoms with E-state index in [9.17, 15) is 9.59 Å². The molecule has 23 heavy (non-hydrogen) atoms. The molecule has 0 fully saturated rings. The number of aromatic nitrogens is 1. The van der Waals surface area contributed by atoms with Gasteiger partial charge in [-0.3, -0.25) is 9.59 Å². The number of nitrogens with zero attached hydrogens (tertiary/aromatic N) is 2. The third kappa shape index (κ3) is 6.67. The highest BCUT2D eigenvalue weighted by atomic mass is 16.4. The molecule has 0 aliphatic heterocycles. The molecule has 0 atom stereocenters. The molecule has 6 heteroatoms. The Balaban J connectivity index is 2.31. The Labute approximate surface area is 137 Å². The van der Waals surface area contributed by atoms with Gasteiger partial charge in [0.05, 0.1) is 6.20 Å². The lowest BCUT2D eigenvalue weighted by Gasteiger charge is -2.16. The highest BCUT2D eigenvalue weighted by molar-refractivity contribution is 5.86. The second kappa shape index (κ2) is 8.50. The number of hydrogen-bond donors (Lipinski definition) is 1. The van der Waals surface area contributed by atoms with Crippen LogP contribution in [0.1, 0.15) is 45.3 Å². The number of nitrogens with one attached hydrogen (secondary N) is 1. The normalized spacial score (nSPS) is 11.1. The fourth-order valence-corrected chi connectivity index (χ4v) is 1.90. The van der Waals surface area contributed by atoms with E-state index in [-0.39, 0.29) is 17.2 Å². The fraction of sp³-hybridized carbons (Fsp3) is 0.588. The molecule has 0 aliphatic carbocycles. The van der Waals surface area contributed by atoms with Crippen LogP contribution in [0.25, 0.3) is 0 Å². The van der Waals surface area contributed by atoms with Crippen LogP contribution >= 0.6 is 0 Å². The van der Waals surface area contributed by atoms with Crippen LogP contribution in [-0.4, -0.2) is 41.8 Å². The number of oxazole rings is 1. The summed E-state index contributed by atoms with van der Waals surface area (Å²) in [5, 5.41) is 2.68. The number of amides is 2. The largest absolute Gasteiger partial charge is 0.445 e. The topological polar surface area (TPSA) is 75.4 Å². The predicted molar refractivity (Wildman–Crippen MR) is 89.0 cm³/mol. The van der Waals surface area contributed by atoms with E-state index in [1.807, 2.05) is 0 Å². The van der Waals surface area contributed by atoms with E-state index < -0.39 is 0 Å². The molecule has 1 N–H and O–H groups in total. The number of rotatable bonds is 8. The maximum Gasteiger partial charge on any atom is 0.243 e.